The van der Waals surface area contributed by atoms with Crippen LogP contribution in [0.25, 0.3) is 0 Å². The molecule has 0 heterocycles. The van der Waals surface area contributed by atoms with E-state index < -0.39 is 28.5 Å². The Balaban J connectivity index is 2.05. The summed E-state index contributed by atoms with van der Waals surface area (Å²) in [6.45, 7) is 10.9. The summed E-state index contributed by atoms with van der Waals surface area (Å²) >= 11 is 0. The minimum Gasteiger partial charge on any atom is -0.497 e. The van der Waals surface area contributed by atoms with Crippen LogP contribution in [0, 0.1) is 6.92 Å². The number of carbonyl (C=O) groups excluding carboxylic acids is 2. The van der Waals surface area contributed by atoms with E-state index in [4.69, 9.17) is 4.74 Å². The third kappa shape index (κ3) is 8.10. The number of ether oxygens (including phenoxy) is 1. The summed E-state index contributed by atoms with van der Waals surface area (Å²) in [5, 5.41) is 2.86. The van der Waals surface area contributed by atoms with Gasteiger partial charge in [-0.1, -0.05) is 55.8 Å². The van der Waals surface area contributed by atoms with E-state index in [1.54, 1.807) is 56.5 Å². The molecule has 0 unspecified atom stereocenters. The van der Waals surface area contributed by atoms with Crippen LogP contribution in [0.3, 0.4) is 0 Å². The van der Waals surface area contributed by atoms with Crippen LogP contribution in [0.4, 0.5) is 5.69 Å². The molecule has 0 aliphatic rings. The van der Waals surface area contributed by atoms with Gasteiger partial charge in [-0.3, -0.25) is 13.9 Å². The van der Waals surface area contributed by atoms with Gasteiger partial charge >= 0.3 is 0 Å². The third-order valence-corrected chi connectivity index (χ3v) is 8.61. The number of anilines is 1. The fourth-order valence-corrected chi connectivity index (χ4v) is 5.76. The molecule has 1 atom stereocenters. The van der Waals surface area contributed by atoms with Gasteiger partial charge in [-0.15, -0.1) is 0 Å². The SMILES string of the molecule is COc1cccc(CN(C(=O)CN(c2ccc(C(C)C)cc2)S(=O)(=O)c2ccc(C)cc2)[C@@H](C)C(=O)NC(C)C)c1. The number of hydrogen-bond acceptors (Lipinski definition) is 5. The zero-order valence-corrected chi connectivity index (χ0v) is 25.7. The second-order valence-electron chi connectivity index (χ2n) is 10.8. The first kappa shape index (κ1) is 31.7. The lowest BCUT2D eigenvalue weighted by Gasteiger charge is -2.32. The minimum absolute atomic E-state index is 0.0776. The van der Waals surface area contributed by atoms with E-state index in [-0.39, 0.29) is 29.3 Å². The Kier molecular flexibility index (Phi) is 10.6. The van der Waals surface area contributed by atoms with Crippen LogP contribution in [0.1, 0.15) is 57.2 Å². The lowest BCUT2D eigenvalue weighted by molar-refractivity contribution is -0.139. The van der Waals surface area contributed by atoms with E-state index in [1.807, 2.05) is 39.0 Å². The Hall–Kier alpha value is -3.85. The van der Waals surface area contributed by atoms with Crippen molar-refractivity contribution in [3.63, 3.8) is 0 Å². The third-order valence-electron chi connectivity index (χ3n) is 6.82. The first-order valence-electron chi connectivity index (χ1n) is 13.8. The van der Waals surface area contributed by atoms with Crippen molar-refractivity contribution in [3.8, 4) is 5.75 Å². The van der Waals surface area contributed by atoms with Crippen LogP contribution in [-0.2, 0) is 26.2 Å². The summed E-state index contributed by atoms with van der Waals surface area (Å²) < 4.78 is 34.4. The molecular weight excluding hydrogens is 538 g/mol. The fraction of sp³-hybridized carbons (Fsp3) is 0.375. The van der Waals surface area contributed by atoms with E-state index in [0.717, 1.165) is 21.0 Å². The second kappa shape index (κ2) is 13.7. The van der Waals surface area contributed by atoms with Crippen molar-refractivity contribution in [2.45, 2.75) is 71.0 Å². The number of methoxy groups -OCH3 is 1. The number of rotatable bonds is 12. The van der Waals surface area contributed by atoms with Crippen LogP contribution >= 0.6 is 0 Å². The van der Waals surface area contributed by atoms with Crippen molar-refractivity contribution in [1.82, 2.24) is 10.2 Å². The number of hydrogen-bond donors (Lipinski definition) is 1. The summed E-state index contributed by atoms with van der Waals surface area (Å²) in [5.41, 5.74) is 3.08. The van der Waals surface area contributed by atoms with Crippen molar-refractivity contribution < 1.29 is 22.7 Å². The molecule has 0 aliphatic carbocycles. The maximum absolute atomic E-state index is 14.0. The molecule has 0 aromatic heterocycles. The average Bonchev–Trinajstić information content (AvgIpc) is 2.94. The molecule has 0 radical (unpaired) electrons. The van der Waals surface area contributed by atoms with Gasteiger partial charge < -0.3 is 15.0 Å². The molecule has 0 aliphatic heterocycles. The van der Waals surface area contributed by atoms with Crippen LogP contribution < -0.4 is 14.4 Å². The van der Waals surface area contributed by atoms with E-state index in [9.17, 15) is 18.0 Å². The molecule has 8 nitrogen and oxygen atoms in total. The predicted octanol–water partition coefficient (Wildman–Crippen LogP) is 5.26. The van der Waals surface area contributed by atoms with E-state index in [2.05, 4.69) is 19.2 Å². The minimum atomic E-state index is -4.12. The van der Waals surface area contributed by atoms with Gasteiger partial charge in [0.1, 0.15) is 18.3 Å². The first-order valence-corrected chi connectivity index (χ1v) is 15.2. The Labute approximate surface area is 244 Å². The van der Waals surface area contributed by atoms with Gasteiger partial charge in [0.25, 0.3) is 10.0 Å². The summed E-state index contributed by atoms with van der Waals surface area (Å²) in [7, 11) is -2.56. The molecule has 0 spiro atoms. The summed E-state index contributed by atoms with van der Waals surface area (Å²) in [5.74, 6) is 0.0304. The first-order chi connectivity index (χ1) is 19.3. The van der Waals surface area contributed by atoms with Crippen LogP contribution in [0.2, 0.25) is 0 Å². The summed E-state index contributed by atoms with van der Waals surface area (Å²) in [6, 6.07) is 19.9. The topological polar surface area (TPSA) is 96.0 Å². The molecule has 3 aromatic carbocycles. The van der Waals surface area contributed by atoms with Crippen molar-refractivity contribution in [2.75, 3.05) is 18.0 Å². The molecule has 3 rings (SSSR count). The lowest BCUT2D eigenvalue weighted by Crippen LogP contribution is -2.52. The van der Waals surface area contributed by atoms with Gasteiger partial charge in [0.05, 0.1) is 17.7 Å². The van der Waals surface area contributed by atoms with Gasteiger partial charge in [-0.2, -0.15) is 0 Å². The normalized spacial score (nSPS) is 12.2. The van der Waals surface area contributed by atoms with Crippen molar-refractivity contribution in [2.24, 2.45) is 0 Å². The average molecular weight is 580 g/mol. The van der Waals surface area contributed by atoms with Crippen LogP contribution in [0.5, 0.6) is 5.75 Å². The second-order valence-corrected chi connectivity index (χ2v) is 12.6. The van der Waals surface area contributed by atoms with Crippen molar-refractivity contribution >= 4 is 27.5 Å². The highest BCUT2D eigenvalue weighted by Crippen LogP contribution is 2.27. The van der Waals surface area contributed by atoms with Crippen LogP contribution in [0.15, 0.2) is 77.7 Å². The Morgan fingerprint density at radius 3 is 2.10 bits per heavy atom. The quantitative estimate of drug-likeness (QED) is 0.316. The van der Waals surface area contributed by atoms with Crippen LogP contribution in [-0.4, -0.2) is 50.9 Å². The molecular formula is C32H41N3O5S. The number of nitrogens with one attached hydrogen (secondary N) is 1. The molecule has 220 valence electrons. The Bertz CT molecular complexity index is 1430. The van der Waals surface area contributed by atoms with E-state index in [0.29, 0.717) is 11.4 Å². The molecule has 0 saturated heterocycles. The molecule has 0 bridgehead atoms. The highest BCUT2D eigenvalue weighted by atomic mass is 32.2. The smallest absolute Gasteiger partial charge is 0.264 e. The van der Waals surface area contributed by atoms with E-state index in [1.165, 1.54) is 17.0 Å². The standard InChI is InChI=1S/C32H41N3O5S/c1-22(2)27-13-15-28(16-14-27)35(41(38,39)30-17-11-24(5)12-18-30)21-31(36)34(25(6)32(37)33-23(3)4)20-26-9-8-10-29(19-26)40-7/h8-19,22-23,25H,20-21H2,1-7H3,(H,33,37)/t25-/m0/s1. The lowest BCUT2D eigenvalue weighted by atomic mass is 10.0. The van der Waals surface area contributed by atoms with Gasteiger partial charge in [-0.25, -0.2) is 8.42 Å². The fourth-order valence-electron chi connectivity index (χ4n) is 4.35. The largest absolute Gasteiger partial charge is 0.497 e. The zero-order chi connectivity index (χ0) is 30.3. The van der Waals surface area contributed by atoms with Crippen molar-refractivity contribution in [3.05, 3.63) is 89.5 Å². The Morgan fingerprint density at radius 2 is 1.54 bits per heavy atom. The Morgan fingerprint density at radius 1 is 0.902 bits per heavy atom. The highest BCUT2D eigenvalue weighted by Gasteiger charge is 2.32. The highest BCUT2D eigenvalue weighted by molar-refractivity contribution is 7.92. The summed E-state index contributed by atoms with van der Waals surface area (Å²) in [4.78, 5) is 28.6. The number of nitrogens with zero attached hydrogens (tertiary/aromatic N) is 2. The molecule has 0 saturated carbocycles. The number of benzene rings is 3. The molecule has 2 amide bonds. The van der Waals surface area contributed by atoms with Gasteiger partial charge in [0.2, 0.25) is 11.8 Å². The molecule has 1 N–H and O–H groups in total. The van der Waals surface area contributed by atoms with Crippen molar-refractivity contribution in [1.29, 1.82) is 0 Å². The molecule has 0 fully saturated rings. The maximum Gasteiger partial charge on any atom is 0.264 e. The van der Waals surface area contributed by atoms with Gasteiger partial charge in [0.15, 0.2) is 0 Å². The van der Waals surface area contributed by atoms with Gasteiger partial charge in [0, 0.05) is 12.6 Å². The maximum atomic E-state index is 14.0. The molecule has 41 heavy (non-hydrogen) atoms. The number of sulfonamides is 1. The molecule has 9 heteroatoms. The number of aryl methyl sites for hydroxylation is 1. The predicted molar refractivity (Wildman–Crippen MR) is 163 cm³/mol. The number of amides is 2. The van der Waals surface area contributed by atoms with E-state index >= 15 is 0 Å². The zero-order valence-electron chi connectivity index (χ0n) is 24.9. The molecule has 3 aromatic rings. The van der Waals surface area contributed by atoms with Gasteiger partial charge in [-0.05, 0) is 81.1 Å². The number of carbonyl (C=O) groups is 2. The monoisotopic (exact) mass is 579 g/mol. The summed E-state index contributed by atoms with van der Waals surface area (Å²) in [6.07, 6.45) is 0.